The van der Waals surface area contributed by atoms with E-state index in [4.69, 9.17) is 14.2 Å². The molecule has 0 aliphatic rings. The molecule has 1 N–H and O–H groups in total. The van der Waals surface area contributed by atoms with Crippen LogP contribution in [0.25, 0.3) is 0 Å². The molecule has 0 saturated heterocycles. The molecule has 26 heavy (non-hydrogen) atoms. The topological polar surface area (TPSA) is 56.8 Å². The van der Waals surface area contributed by atoms with Crippen LogP contribution in [0.1, 0.15) is 30.4 Å². The maximum Gasteiger partial charge on any atom is 0.220 e. The summed E-state index contributed by atoms with van der Waals surface area (Å²) >= 11 is 0. The quantitative estimate of drug-likeness (QED) is 0.656. The first-order valence-electron chi connectivity index (χ1n) is 8.79. The fraction of sp³-hybridized carbons (Fsp3) is 0.381. The second-order valence-corrected chi connectivity index (χ2v) is 6.09. The Balaban J connectivity index is 1.64. The van der Waals surface area contributed by atoms with Gasteiger partial charge in [-0.2, -0.15) is 0 Å². The van der Waals surface area contributed by atoms with Crippen molar-refractivity contribution in [2.45, 2.75) is 32.7 Å². The van der Waals surface area contributed by atoms with Crippen molar-refractivity contribution in [3.63, 3.8) is 0 Å². The zero-order chi connectivity index (χ0) is 18.8. The zero-order valence-electron chi connectivity index (χ0n) is 15.7. The van der Waals surface area contributed by atoms with E-state index in [0.29, 0.717) is 31.1 Å². The van der Waals surface area contributed by atoms with Gasteiger partial charge in [-0.25, -0.2) is 0 Å². The minimum atomic E-state index is 0.0374. The molecule has 0 unspecified atom stereocenters. The third-order valence-corrected chi connectivity index (χ3v) is 3.99. The van der Waals surface area contributed by atoms with Gasteiger partial charge in [-0.05, 0) is 55.2 Å². The van der Waals surface area contributed by atoms with Crippen LogP contribution in [-0.2, 0) is 11.3 Å². The number of amides is 1. The van der Waals surface area contributed by atoms with Gasteiger partial charge in [0.1, 0.15) is 5.75 Å². The first kappa shape index (κ1) is 19.6. The Kier molecular flexibility index (Phi) is 7.80. The first-order valence-corrected chi connectivity index (χ1v) is 8.79. The Morgan fingerprint density at radius 1 is 1.00 bits per heavy atom. The molecule has 2 rings (SSSR count). The Hall–Kier alpha value is -2.69. The molecule has 2 aromatic carbocycles. The van der Waals surface area contributed by atoms with E-state index in [1.165, 1.54) is 5.56 Å². The number of hydrogen-bond donors (Lipinski definition) is 1. The Morgan fingerprint density at radius 3 is 2.54 bits per heavy atom. The molecule has 0 fully saturated rings. The van der Waals surface area contributed by atoms with Gasteiger partial charge in [-0.15, -0.1) is 0 Å². The lowest BCUT2D eigenvalue weighted by Gasteiger charge is -2.10. The third kappa shape index (κ3) is 6.31. The van der Waals surface area contributed by atoms with Gasteiger partial charge < -0.3 is 19.5 Å². The number of hydrogen-bond acceptors (Lipinski definition) is 4. The molecule has 1 amide bonds. The second-order valence-electron chi connectivity index (χ2n) is 6.09. The SMILES string of the molecule is COc1ccc(CNC(=O)CCCCOc2cccc(C)c2)cc1OC. The van der Waals surface area contributed by atoms with Gasteiger partial charge in [0.05, 0.1) is 20.8 Å². The summed E-state index contributed by atoms with van der Waals surface area (Å²) in [5.41, 5.74) is 2.15. The van der Waals surface area contributed by atoms with E-state index < -0.39 is 0 Å². The van der Waals surface area contributed by atoms with E-state index in [9.17, 15) is 4.79 Å². The molecule has 0 aromatic heterocycles. The molecule has 0 aliphatic heterocycles. The largest absolute Gasteiger partial charge is 0.494 e. The number of rotatable bonds is 10. The van der Waals surface area contributed by atoms with Crippen LogP contribution in [0.15, 0.2) is 42.5 Å². The lowest BCUT2D eigenvalue weighted by atomic mass is 10.2. The van der Waals surface area contributed by atoms with Gasteiger partial charge >= 0.3 is 0 Å². The fourth-order valence-electron chi connectivity index (χ4n) is 2.56. The number of nitrogens with one attached hydrogen (secondary N) is 1. The molecule has 0 saturated carbocycles. The van der Waals surface area contributed by atoms with Crippen molar-refractivity contribution < 1.29 is 19.0 Å². The average Bonchev–Trinajstić information content (AvgIpc) is 2.65. The number of unbranched alkanes of at least 4 members (excludes halogenated alkanes) is 1. The standard InChI is InChI=1S/C21H27NO4/c1-16-7-6-8-18(13-16)26-12-5-4-9-21(23)22-15-17-10-11-19(24-2)20(14-17)25-3/h6-8,10-11,13-14H,4-5,9,12,15H2,1-3H3,(H,22,23). The number of aryl methyl sites for hydroxylation is 1. The van der Waals surface area contributed by atoms with E-state index in [1.54, 1.807) is 14.2 Å². The van der Waals surface area contributed by atoms with Gasteiger partial charge in [-0.1, -0.05) is 18.2 Å². The minimum absolute atomic E-state index is 0.0374. The molecule has 2 aromatic rings. The number of methoxy groups -OCH3 is 2. The van der Waals surface area contributed by atoms with E-state index in [-0.39, 0.29) is 5.91 Å². The number of benzene rings is 2. The van der Waals surface area contributed by atoms with E-state index in [2.05, 4.69) is 5.32 Å². The summed E-state index contributed by atoms with van der Waals surface area (Å²) < 4.78 is 16.2. The van der Waals surface area contributed by atoms with Crippen molar-refractivity contribution in [3.05, 3.63) is 53.6 Å². The van der Waals surface area contributed by atoms with Gasteiger partial charge in [0.2, 0.25) is 5.91 Å². The van der Waals surface area contributed by atoms with E-state index in [0.717, 1.165) is 24.2 Å². The van der Waals surface area contributed by atoms with Crippen LogP contribution in [0, 0.1) is 6.92 Å². The molecule has 140 valence electrons. The number of carbonyl (C=O) groups is 1. The van der Waals surface area contributed by atoms with Crippen molar-refractivity contribution in [2.75, 3.05) is 20.8 Å². The Morgan fingerprint density at radius 2 is 1.81 bits per heavy atom. The summed E-state index contributed by atoms with van der Waals surface area (Å²) in [6.45, 7) is 3.13. The highest BCUT2D eigenvalue weighted by Crippen LogP contribution is 2.27. The molecule has 5 heteroatoms. The molecule has 0 radical (unpaired) electrons. The maximum absolute atomic E-state index is 12.0. The predicted octanol–water partition coefficient (Wildman–Crippen LogP) is 3.88. The number of carbonyl (C=O) groups excluding carboxylic acids is 1. The van der Waals surface area contributed by atoms with Crippen molar-refractivity contribution in [2.24, 2.45) is 0 Å². The van der Waals surface area contributed by atoms with Gasteiger partial charge in [0.25, 0.3) is 0 Å². The number of ether oxygens (including phenoxy) is 3. The van der Waals surface area contributed by atoms with E-state index in [1.807, 2.05) is 49.4 Å². The van der Waals surface area contributed by atoms with Crippen molar-refractivity contribution in [1.82, 2.24) is 5.32 Å². The van der Waals surface area contributed by atoms with Crippen LogP contribution < -0.4 is 19.5 Å². The predicted molar refractivity (Wildman–Crippen MR) is 102 cm³/mol. The molecule has 0 spiro atoms. The van der Waals surface area contributed by atoms with E-state index >= 15 is 0 Å². The Labute approximate surface area is 155 Å². The van der Waals surface area contributed by atoms with Gasteiger partial charge in [0.15, 0.2) is 11.5 Å². The maximum atomic E-state index is 12.0. The third-order valence-electron chi connectivity index (χ3n) is 3.99. The molecule has 5 nitrogen and oxygen atoms in total. The summed E-state index contributed by atoms with van der Waals surface area (Å²) in [6.07, 6.45) is 2.13. The lowest BCUT2D eigenvalue weighted by Crippen LogP contribution is -2.22. The highest BCUT2D eigenvalue weighted by molar-refractivity contribution is 5.75. The molecule has 0 atom stereocenters. The normalized spacial score (nSPS) is 10.3. The van der Waals surface area contributed by atoms with Crippen LogP contribution in [0.2, 0.25) is 0 Å². The van der Waals surface area contributed by atoms with Crippen molar-refractivity contribution in [1.29, 1.82) is 0 Å². The van der Waals surface area contributed by atoms with Gasteiger partial charge in [-0.3, -0.25) is 4.79 Å². The smallest absolute Gasteiger partial charge is 0.220 e. The molecular weight excluding hydrogens is 330 g/mol. The summed E-state index contributed by atoms with van der Waals surface area (Å²) in [7, 11) is 3.20. The first-order chi connectivity index (χ1) is 12.6. The molecular formula is C21H27NO4. The monoisotopic (exact) mass is 357 g/mol. The highest BCUT2D eigenvalue weighted by atomic mass is 16.5. The van der Waals surface area contributed by atoms with Crippen molar-refractivity contribution in [3.8, 4) is 17.2 Å². The minimum Gasteiger partial charge on any atom is -0.494 e. The van der Waals surface area contributed by atoms with Crippen LogP contribution in [0.5, 0.6) is 17.2 Å². The molecule has 0 bridgehead atoms. The average molecular weight is 357 g/mol. The van der Waals surface area contributed by atoms with Crippen molar-refractivity contribution >= 4 is 5.91 Å². The summed E-state index contributed by atoms with van der Waals surface area (Å²) in [4.78, 5) is 12.0. The summed E-state index contributed by atoms with van der Waals surface area (Å²) in [5, 5.41) is 2.93. The van der Waals surface area contributed by atoms with Gasteiger partial charge in [0, 0.05) is 13.0 Å². The molecule has 0 heterocycles. The van der Waals surface area contributed by atoms with Crippen LogP contribution in [0.4, 0.5) is 0 Å². The van der Waals surface area contributed by atoms with Crippen LogP contribution in [-0.4, -0.2) is 26.7 Å². The summed E-state index contributed by atoms with van der Waals surface area (Å²) in [5.74, 6) is 2.25. The van der Waals surface area contributed by atoms with Crippen LogP contribution in [0.3, 0.4) is 0 Å². The molecule has 0 aliphatic carbocycles. The zero-order valence-corrected chi connectivity index (χ0v) is 15.7. The second kappa shape index (κ2) is 10.3. The highest BCUT2D eigenvalue weighted by Gasteiger charge is 2.06. The Bertz CT molecular complexity index is 715. The van der Waals surface area contributed by atoms with Crippen LogP contribution >= 0.6 is 0 Å². The fourth-order valence-corrected chi connectivity index (χ4v) is 2.56. The summed E-state index contributed by atoms with van der Waals surface area (Å²) in [6, 6.07) is 13.6. The lowest BCUT2D eigenvalue weighted by molar-refractivity contribution is -0.121.